The first kappa shape index (κ1) is 18.7. The number of Topliss-reactive ketones (excluding diaryl/α,β-unsaturated/α-hetero) is 1. The van der Waals surface area contributed by atoms with Crippen molar-refractivity contribution in [1.82, 2.24) is 0 Å². The van der Waals surface area contributed by atoms with Crippen LogP contribution in [-0.4, -0.2) is 22.7 Å². The van der Waals surface area contributed by atoms with Gasteiger partial charge in [-0.3, -0.25) is 14.4 Å². The third kappa shape index (κ3) is 2.08. The van der Waals surface area contributed by atoms with Crippen molar-refractivity contribution in [3.63, 3.8) is 0 Å². The Hall–Kier alpha value is -3.30. The summed E-state index contributed by atoms with van der Waals surface area (Å²) in [5.74, 6) is -19.0. The molecule has 3 aliphatic carbocycles. The molecule has 4 atom stereocenters. The van der Waals surface area contributed by atoms with E-state index in [0.29, 0.717) is 11.1 Å². The summed E-state index contributed by atoms with van der Waals surface area (Å²) in [6, 6.07) is 4.10. The maximum Gasteiger partial charge on any atom is 0.238 e. The second-order valence-electron chi connectivity index (χ2n) is 7.55. The fourth-order valence-corrected chi connectivity index (χ4v) is 5.01. The zero-order chi connectivity index (χ0) is 21.6. The van der Waals surface area contributed by atoms with E-state index in [0.717, 1.165) is 0 Å². The van der Waals surface area contributed by atoms with Crippen molar-refractivity contribution in [2.45, 2.75) is 18.3 Å². The van der Waals surface area contributed by atoms with Gasteiger partial charge in [0.05, 0.1) is 17.8 Å². The van der Waals surface area contributed by atoms with E-state index in [4.69, 9.17) is 0 Å². The summed E-state index contributed by atoms with van der Waals surface area (Å²) in [5, 5.41) is 9.76. The molecule has 1 aliphatic heterocycles. The molecule has 0 spiro atoms. The van der Waals surface area contributed by atoms with Gasteiger partial charge in [-0.1, -0.05) is 6.07 Å². The number of imide groups is 1. The van der Waals surface area contributed by atoms with Crippen LogP contribution in [0.4, 0.5) is 27.6 Å². The fourth-order valence-electron chi connectivity index (χ4n) is 5.01. The van der Waals surface area contributed by atoms with E-state index in [1.807, 2.05) is 0 Å². The van der Waals surface area contributed by atoms with Crippen molar-refractivity contribution < 1.29 is 41.4 Å². The molecular weight excluding hydrogens is 413 g/mol. The molecule has 0 radical (unpaired) electrons. The van der Waals surface area contributed by atoms with Gasteiger partial charge >= 0.3 is 0 Å². The predicted molar refractivity (Wildman–Crippen MR) is 88.9 cm³/mol. The lowest BCUT2D eigenvalue weighted by molar-refractivity contribution is -0.134. The lowest BCUT2D eigenvalue weighted by atomic mass is 9.56. The summed E-state index contributed by atoms with van der Waals surface area (Å²) < 4.78 is 69.4. The number of rotatable bonds is 1. The summed E-state index contributed by atoms with van der Waals surface area (Å²) >= 11 is 0. The Morgan fingerprint density at radius 3 is 2.00 bits per heavy atom. The van der Waals surface area contributed by atoms with Crippen LogP contribution in [0, 0.1) is 40.9 Å². The highest BCUT2D eigenvalue weighted by Gasteiger charge is 2.63. The van der Waals surface area contributed by atoms with Crippen molar-refractivity contribution >= 4 is 23.3 Å². The van der Waals surface area contributed by atoms with Crippen LogP contribution in [0.2, 0.25) is 0 Å². The number of carbonyl (C=O) groups is 3. The Balaban J connectivity index is 1.70. The normalized spacial score (nSPS) is 27.0. The molecule has 2 fully saturated rings. The van der Waals surface area contributed by atoms with Gasteiger partial charge in [0.25, 0.3) is 0 Å². The number of carbonyl (C=O) groups excluding carboxylic acids is 3. The molecule has 2 bridgehead atoms. The van der Waals surface area contributed by atoms with Crippen molar-refractivity contribution in [3.8, 4) is 5.75 Å². The monoisotopic (exact) mass is 423 g/mol. The molecule has 10 heteroatoms. The molecule has 2 aromatic carbocycles. The molecule has 0 unspecified atom stereocenters. The number of phenolic OH excluding ortho intramolecular Hbond substituents is 1. The Kier molecular flexibility index (Phi) is 3.66. The van der Waals surface area contributed by atoms with E-state index in [1.165, 1.54) is 18.2 Å². The first-order valence-electron chi connectivity index (χ1n) is 8.89. The molecule has 1 saturated carbocycles. The quantitative estimate of drug-likeness (QED) is 0.331. The van der Waals surface area contributed by atoms with Gasteiger partial charge in [-0.15, -0.1) is 0 Å². The van der Waals surface area contributed by atoms with E-state index < -0.39 is 76.0 Å². The Morgan fingerprint density at radius 2 is 1.37 bits per heavy atom. The third-order valence-corrected chi connectivity index (χ3v) is 6.17. The number of hydrogen-bond acceptors (Lipinski definition) is 4. The largest absolute Gasteiger partial charge is 0.508 e. The summed E-state index contributed by atoms with van der Waals surface area (Å²) in [6.07, 6.45) is -0.117. The number of hydrogen-bond donors (Lipinski definition) is 1. The van der Waals surface area contributed by atoms with Crippen LogP contribution in [0.5, 0.6) is 5.75 Å². The van der Waals surface area contributed by atoms with Crippen LogP contribution in [0.1, 0.15) is 29.4 Å². The number of anilines is 1. The van der Waals surface area contributed by atoms with E-state index in [-0.39, 0.29) is 17.1 Å². The van der Waals surface area contributed by atoms with Crippen LogP contribution in [-0.2, 0) is 14.4 Å². The smallest absolute Gasteiger partial charge is 0.238 e. The molecule has 1 saturated heterocycles. The van der Waals surface area contributed by atoms with Gasteiger partial charge in [0.15, 0.2) is 23.3 Å². The lowest BCUT2D eigenvalue weighted by Gasteiger charge is -2.43. The molecule has 1 heterocycles. The topological polar surface area (TPSA) is 74.7 Å². The zero-order valence-corrected chi connectivity index (χ0v) is 14.8. The summed E-state index contributed by atoms with van der Waals surface area (Å²) in [4.78, 5) is 38.6. The van der Waals surface area contributed by atoms with E-state index in [1.54, 1.807) is 0 Å². The number of ketones is 1. The number of amides is 2. The minimum Gasteiger partial charge on any atom is -0.508 e. The molecule has 2 aromatic rings. The Bertz CT molecular complexity index is 1170. The van der Waals surface area contributed by atoms with E-state index in [9.17, 15) is 41.4 Å². The Morgan fingerprint density at radius 1 is 0.800 bits per heavy atom. The SMILES string of the molecule is O=C1C[C@H]2c3ccc(O)cc3[C@@H]1[C@@H]1C(=O)N(c3c(F)c(F)c(F)c(F)c3F)C(=O)[C@@H]12. The highest BCUT2D eigenvalue weighted by molar-refractivity contribution is 6.24. The first-order valence-corrected chi connectivity index (χ1v) is 8.89. The standard InChI is InChI=1S/C20H10F5NO4/c21-13-14(22)16(24)18(17(25)15(13)23)26-19(29)11-8-4-9(28)10(12(11)20(26)30)7-3-5(27)1-2-6(7)8/h1-3,8,10-12,27H,4H2/t8-,10-,11+,12-/m0/s1. The van der Waals surface area contributed by atoms with E-state index in [2.05, 4.69) is 0 Å². The molecule has 6 rings (SSSR count). The number of nitrogens with zero attached hydrogens (tertiary/aromatic N) is 1. The summed E-state index contributed by atoms with van der Waals surface area (Å²) in [7, 11) is 0. The zero-order valence-electron chi connectivity index (χ0n) is 14.8. The molecular formula is C20H10F5NO4. The second kappa shape index (κ2) is 5.87. The maximum absolute atomic E-state index is 14.3. The van der Waals surface area contributed by atoms with Gasteiger partial charge in [-0.05, 0) is 23.3 Å². The highest BCUT2D eigenvalue weighted by atomic mass is 19.2. The van der Waals surface area contributed by atoms with Gasteiger partial charge in [0.1, 0.15) is 17.2 Å². The molecule has 4 aliphatic rings. The molecule has 1 N–H and O–H groups in total. The van der Waals surface area contributed by atoms with Gasteiger partial charge < -0.3 is 5.11 Å². The summed E-state index contributed by atoms with van der Waals surface area (Å²) in [5.41, 5.74) is -0.800. The third-order valence-electron chi connectivity index (χ3n) is 6.17. The van der Waals surface area contributed by atoms with Gasteiger partial charge in [0, 0.05) is 12.3 Å². The van der Waals surface area contributed by atoms with Crippen molar-refractivity contribution in [3.05, 3.63) is 58.4 Å². The Labute approximate surface area is 164 Å². The van der Waals surface area contributed by atoms with Gasteiger partial charge in [-0.2, -0.15) is 0 Å². The van der Waals surface area contributed by atoms with Gasteiger partial charge in [0.2, 0.25) is 17.6 Å². The van der Waals surface area contributed by atoms with Crippen molar-refractivity contribution in [2.24, 2.45) is 11.8 Å². The minimum absolute atomic E-state index is 0.0318. The van der Waals surface area contributed by atoms with Crippen LogP contribution < -0.4 is 4.90 Å². The number of phenols is 1. The highest BCUT2D eigenvalue weighted by Crippen LogP contribution is 2.58. The fraction of sp³-hybridized carbons (Fsp3) is 0.250. The minimum atomic E-state index is -2.41. The summed E-state index contributed by atoms with van der Waals surface area (Å²) in [6.45, 7) is 0. The average molecular weight is 423 g/mol. The maximum atomic E-state index is 14.3. The number of benzene rings is 2. The van der Waals surface area contributed by atoms with Crippen LogP contribution in [0.25, 0.3) is 0 Å². The predicted octanol–water partition coefficient (Wildman–Crippen LogP) is 3.05. The molecule has 2 amide bonds. The van der Waals surface area contributed by atoms with Crippen LogP contribution in [0.15, 0.2) is 18.2 Å². The van der Waals surface area contributed by atoms with Crippen LogP contribution >= 0.6 is 0 Å². The van der Waals surface area contributed by atoms with Crippen LogP contribution in [0.3, 0.4) is 0 Å². The lowest BCUT2D eigenvalue weighted by Crippen LogP contribution is -2.44. The van der Waals surface area contributed by atoms with Crippen molar-refractivity contribution in [2.75, 3.05) is 4.90 Å². The molecule has 0 aromatic heterocycles. The number of fused-ring (bicyclic) bond motifs is 1. The average Bonchev–Trinajstić information content (AvgIpc) is 2.97. The van der Waals surface area contributed by atoms with E-state index >= 15 is 0 Å². The second-order valence-corrected chi connectivity index (χ2v) is 7.55. The molecule has 5 nitrogen and oxygen atoms in total. The molecule has 154 valence electrons. The first-order chi connectivity index (χ1) is 14.1. The number of halogens is 5. The molecule has 30 heavy (non-hydrogen) atoms. The van der Waals surface area contributed by atoms with Crippen molar-refractivity contribution in [1.29, 1.82) is 0 Å². The van der Waals surface area contributed by atoms with Gasteiger partial charge in [-0.25, -0.2) is 26.9 Å². The number of aromatic hydroxyl groups is 1.